The minimum absolute atomic E-state index is 0.685. The maximum Gasteiger partial charge on any atom is 0.213 e. The Hall–Kier alpha value is -1.25. The van der Waals surface area contributed by atoms with Gasteiger partial charge in [-0.3, -0.25) is 0 Å². The molecule has 0 atom stereocenters. The van der Waals surface area contributed by atoms with E-state index in [1.54, 1.807) is 23.1 Å². The van der Waals surface area contributed by atoms with Gasteiger partial charge in [0.2, 0.25) is 4.96 Å². The molecule has 0 saturated heterocycles. The summed E-state index contributed by atoms with van der Waals surface area (Å²) in [6.45, 7) is 1.38. The van der Waals surface area contributed by atoms with E-state index in [4.69, 9.17) is 9.47 Å². The molecular weight excluding hydrogens is 398 g/mol. The van der Waals surface area contributed by atoms with E-state index in [0.29, 0.717) is 13.2 Å². The highest BCUT2D eigenvalue weighted by atomic mass is 79.9. The minimum Gasteiger partial charge on any atom is -0.490 e. The molecule has 0 bridgehead atoms. The zero-order valence-corrected chi connectivity index (χ0v) is 15.4. The number of rotatable bonds is 4. The van der Waals surface area contributed by atoms with E-state index in [1.807, 2.05) is 28.9 Å². The van der Waals surface area contributed by atoms with Crippen molar-refractivity contribution in [3.8, 4) is 22.8 Å². The van der Waals surface area contributed by atoms with Gasteiger partial charge < -0.3 is 9.47 Å². The number of halogens is 1. The first-order valence-corrected chi connectivity index (χ1v) is 10.2. The van der Waals surface area contributed by atoms with Crippen molar-refractivity contribution in [1.29, 1.82) is 0 Å². The third kappa shape index (κ3) is 3.20. The molecule has 1 aliphatic heterocycles. The fraction of sp³-hybridized carbons (Fsp3) is 0.333. The Labute approximate surface area is 150 Å². The van der Waals surface area contributed by atoms with Gasteiger partial charge in [0, 0.05) is 23.1 Å². The van der Waals surface area contributed by atoms with Crippen LogP contribution in [0.3, 0.4) is 0 Å². The monoisotopic (exact) mass is 411 g/mol. The van der Waals surface area contributed by atoms with E-state index in [9.17, 15) is 0 Å². The predicted octanol–water partition coefficient (Wildman–Crippen LogP) is 4.11. The topological polar surface area (TPSA) is 48.7 Å². The Kier molecular flexibility index (Phi) is 4.46. The van der Waals surface area contributed by atoms with Crippen LogP contribution in [0.2, 0.25) is 0 Å². The van der Waals surface area contributed by atoms with Crippen molar-refractivity contribution in [2.75, 3.05) is 24.3 Å². The summed E-state index contributed by atoms with van der Waals surface area (Å²) in [5.41, 5.74) is 1.91. The second kappa shape index (κ2) is 6.70. The number of hydrogen-bond donors (Lipinski definition) is 0. The molecule has 5 nitrogen and oxygen atoms in total. The molecule has 4 rings (SSSR count). The molecule has 1 aromatic carbocycles. The van der Waals surface area contributed by atoms with Crippen molar-refractivity contribution in [3.05, 3.63) is 24.4 Å². The minimum atomic E-state index is 0.685. The molecule has 0 fully saturated rings. The fourth-order valence-corrected chi connectivity index (χ4v) is 4.54. The van der Waals surface area contributed by atoms with E-state index in [1.165, 1.54) is 0 Å². The third-order valence-electron chi connectivity index (χ3n) is 3.37. The number of ether oxygens (including phenoxy) is 2. The van der Waals surface area contributed by atoms with Crippen LogP contribution < -0.4 is 9.47 Å². The van der Waals surface area contributed by atoms with E-state index in [2.05, 4.69) is 26.0 Å². The predicted molar refractivity (Wildman–Crippen MR) is 96.4 cm³/mol. The normalized spacial score (nSPS) is 14.1. The van der Waals surface area contributed by atoms with Gasteiger partial charge in [0.1, 0.15) is 0 Å². The zero-order chi connectivity index (χ0) is 15.6. The summed E-state index contributed by atoms with van der Waals surface area (Å²) in [5, 5.41) is 5.52. The molecule has 0 amide bonds. The second-order valence-corrected chi connectivity index (χ2v) is 8.06. The molecule has 0 radical (unpaired) electrons. The van der Waals surface area contributed by atoms with Crippen molar-refractivity contribution >= 4 is 44.0 Å². The Bertz CT molecular complexity index is 802. The van der Waals surface area contributed by atoms with Crippen molar-refractivity contribution in [2.24, 2.45) is 0 Å². The largest absolute Gasteiger partial charge is 0.490 e. The van der Waals surface area contributed by atoms with Gasteiger partial charge in [0.15, 0.2) is 15.8 Å². The molecule has 120 valence electrons. The second-order valence-electron chi connectivity index (χ2n) is 4.97. The molecular formula is C15H14BrN3O2S2. The van der Waals surface area contributed by atoms with E-state index in [0.717, 1.165) is 49.6 Å². The van der Waals surface area contributed by atoms with Gasteiger partial charge in [-0.05, 0) is 18.2 Å². The molecule has 2 aromatic heterocycles. The van der Waals surface area contributed by atoms with Gasteiger partial charge in [0.05, 0.1) is 25.1 Å². The lowest BCUT2D eigenvalue weighted by atomic mass is 10.1. The summed E-state index contributed by atoms with van der Waals surface area (Å²) in [5.74, 6) is 2.60. The molecule has 0 aliphatic carbocycles. The molecule has 0 spiro atoms. The van der Waals surface area contributed by atoms with Crippen LogP contribution in [0.1, 0.15) is 6.42 Å². The molecule has 1 aliphatic rings. The van der Waals surface area contributed by atoms with Crippen molar-refractivity contribution < 1.29 is 9.47 Å². The fourth-order valence-electron chi connectivity index (χ4n) is 2.33. The molecule has 3 heterocycles. The third-order valence-corrected chi connectivity index (χ3v) is 6.35. The van der Waals surface area contributed by atoms with Crippen LogP contribution in [-0.4, -0.2) is 38.9 Å². The number of imidazole rings is 1. The number of hydrogen-bond acceptors (Lipinski definition) is 6. The highest BCUT2D eigenvalue weighted by Gasteiger charge is 2.14. The number of aromatic nitrogens is 3. The molecule has 8 heteroatoms. The first-order chi connectivity index (χ1) is 11.3. The Morgan fingerprint density at radius 1 is 1.26 bits per heavy atom. The number of benzene rings is 1. The molecule has 23 heavy (non-hydrogen) atoms. The number of nitrogens with zero attached hydrogens (tertiary/aromatic N) is 3. The van der Waals surface area contributed by atoms with Gasteiger partial charge in [-0.15, -0.1) is 5.10 Å². The smallest absolute Gasteiger partial charge is 0.213 e. The zero-order valence-electron chi connectivity index (χ0n) is 12.2. The summed E-state index contributed by atoms with van der Waals surface area (Å²) in [6, 6.07) is 5.96. The first-order valence-electron chi connectivity index (χ1n) is 7.28. The van der Waals surface area contributed by atoms with Gasteiger partial charge in [-0.2, -0.15) is 0 Å². The van der Waals surface area contributed by atoms with Gasteiger partial charge in [0.25, 0.3) is 0 Å². The lowest BCUT2D eigenvalue weighted by Gasteiger charge is -2.07. The van der Waals surface area contributed by atoms with Crippen molar-refractivity contribution in [3.63, 3.8) is 0 Å². The first kappa shape index (κ1) is 15.3. The van der Waals surface area contributed by atoms with Crippen LogP contribution in [0.25, 0.3) is 16.2 Å². The Morgan fingerprint density at radius 3 is 2.96 bits per heavy atom. The SMILES string of the molecule is BrCCSc1nn2cc(-c3ccc4c(c3)OCCCO4)nc2s1. The number of thioether (sulfide) groups is 1. The Morgan fingerprint density at radius 2 is 2.13 bits per heavy atom. The van der Waals surface area contributed by atoms with Crippen LogP contribution in [-0.2, 0) is 0 Å². The van der Waals surface area contributed by atoms with Crippen LogP contribution >= 0.6 is 39.0 Å². The quantitative estimate of drug-likeness (QED) is 0.477. The van der Waals surface area contributed by atoms with Gasteiger partial charge in [-0.1, -0.05) is 39.0 Å². The molecule has 3 aromatic rings. The Balaban J connectivity index is 1.63. The van der Waals surface area contributed by atoms with Crippen LogP contribution in [0, 0.1) is 0 Å². The number of alkyl halides is 1. The average Bonchev–Trinajstić information content (AvgIpc) is 3.02. The lowest BCUT2D eigenvalue weighted by Crippen LogP contribution is -1.97. The summed E-state index contributed by atoms with van der Waals surface area (Å²) < 4.78 is 14.3. The van der Waals surface area contributed by atoms with Crippen molar-refractivity contribution in [2.45, 2.75) is 10.8 Å². The summed E-state index contributed by atoms with van der Waals surface area (Å²) in [7, 11) is 0. The maximum atomic E-state index is 5.75. The molecule has 0 N–H and O–H groups in total. The number of fused-ring (bicyclic) bond motifs is 2. The highest BCUT2D eigenvalue weighted by molar-refractivity contribution is 9.09. The average molecular weight is 412 g/mol. The van der Waals surface area contributed by atoms with E-state index >= 15 is 0 Å². The van der Waals surface area contributed by atoms with Gasteiger partial charge in [-0.25, -0.2) is 9.50 Å². The highest BCUT2D eigenvalue weighted by Crippen LogP contribution is 2.34. The maximum absolute atomic E-state index is 5.75. The van der Waals surface area contributed by atoms with E-state index in [-0.39, 0.29) is 0 Å². The lowest BCUT2D eigenvalue weighted by molar-refractivity contribution is 0.297. The molecule has 0 saturated carbocycles. The summed E-state index contributed by atoms with van der Waals surface area (Å²) in [6.07, 6.45) is 2.87. The van der Waals surface area contributed by atoms with Crippen LogP contribution in [0.5, 0.6) is 11.5 Å². The summed E-state index contributed by atoms with van der Waals surface area (Å²) in [4.78, 5) is 5.59. The molecule has 0 unspecified atom stereocenters. The standard InChI is InChI=1S/C15H14BrN3O2S2/c16-4-7-22-15-18-19-9-11(17-14(19)23-15)10-2-3-12-13(8-10)21-6-1-5-20-12/h2-3,8-9H,1,4-7H2. The van der Waals surface area contributed by atoms with Crippen LogP contribution in [0.15, 0.2) is 28.7 Å². The van der Waals surface area contributed by atoms with Crippen LogP contribution in [0.4, 0.5) is 0 Å². The van der Waals surface area contributed by atoms with Crippen molar-refractivity contribution in [1.82, 2.24) is 14.6 Å². The van der Waals surface area contributed by atoms with E-state index < -0.39 is 0 Å². The van der Waals surface area contributed by atoms with Gasteiger partial charge >= 0.3 is 0 Å². The summed E-state index contributed by atoms with van der Waals surface area (Å²) >= 11 is 6.78.